The van der Waals surface area contributed by atoms with Crippen molar-refractivity contribution in [2.24, 2.45) is 0 Å². The van der Waals surface area contributed by atoms with Gasteiger partial charge in [-0.15, -0.1) is 11.8 Å². The maximum absolute atomic E-state index is 11.7. The second-order valence-electron chi connectivity index (χ2n) is 4.16. The van der Waals surface area contributed by atoms with Gasteiger partial charge in [0.25, 0.3) is 0 Å². The largest absolute Gasteiger partial charge is 0.346 e. The van der Waals surface area contributed by atoms with Crippen molar-refractivity contribution in [3.63, 3.8) is 0 Å². The van der Waals surface area contributed by atoms with Crippen molar-refractivity contribution in [2.45, 2.75) is 6.04 Å². The summed E-state index contributed by atoms with van der Waals surface area (Å²) in [4.78, 5) is 23.5. The molecule has 5 nitrogen and oxygen atoms in total. The van der Waals surface area contributed by atoms with E-state index in [1.54, 1.807) is 30.0 Å². The molecule has 1 aliphatic rings. The highest BCUT2D eigenvalue weighted by molar-refractivity contribution is 7.99. The Morgan fingerprint density at radius 1 is 1.40 bits per heavy atom. The van der Waals surface area contributed by atoms with Gasteiger partial charge in [-0.3, -0.25) is 14.9 Å². The van der Waals surface area contributed by atoms with Gasteiger partial charge in [0.2, 0.25) is 11.8 Å². The molecule has 108 valence electrons. The van der Waals surface area contributed by atoms with E-state index in [0.717, 1.165) is 5.88 Å². The van der Waals surface area contributed by atoms with Gasteiger partial charge >= 0.3 is 0 Å². The Morgan fingerprint density at radius 2 is 2.20 bits per heavy atom. The number of anilines is 1. The minimum Gasteiger partial charge on any atom is -0.346 e. The summed E-state index contributed by atoms with van der Waals surface area (Å²) in [6, 6.07) is 4.55. The van der Waals surface area contributed by atoms with Crippen LogP contribution in [0, 0.1) is 0 Å². The number of carbonyl (C=O) groups is 2. The molecule has 2 amide bonds. The molecule has 0 spiro atoms. The van der Waals surface area contributed by atoms with Gasteiger partial charge in [0.15, 0.2) is 0 Å². The molecule has 1 aromatic rings. The lowest BCUT2D eigenvalue weighted by Gasteiger charge is -2.11. The summed E-state index contributed by atoms with van der Waals surface area (Å²) in [7, 11) is 0. The highest BCUT2D eigenvalue weighted by atomic mass is 35.5. The molecular formula is C12H13Cl2N3O2S. The molecule has 1 unspecified atom stereocenters. The van der Waals surface area contributed by atoms with Crippen molar-refractivity contribution in [3.8, 4) is 0 Å². The van der Waals surface area contributed by atoms with E-state index < -0.39 is 0 Å². The Bertz CT molecular complexity index is 521. The second kappa shape index (κ2) is 7.17. The van der Waals surface area contributed by atoms with Gasteiger partial charge < -0.3 is 10.6 Å². The van der Waals surface area contributed by atoms with Crippen molar-refractivity contribution in [1.82, 2.24) is 10.6 Å². The molecule has 1 heterocycles. The van der Waals surface area contributed by atoms with Crippen molar-refractivity contribution >= 4 is 52.5 Å². The van der Waals surface area contributed by atoms with Crippen LogP contribution in [0.25, 0.3) is 0 Å². The number of hydrogen-bond acceptors (Lipinski definition) is 4. The normalized spacial score (nSPS) is 17.8. The predicted octanol–water partition coefficient (Wildman–Crippen LogP) is 1.71. The van der Waals surface area contributed by atoms with Gasteiger partial charge in [-0.1, -0.05) is 23.2 Å². The molecule has 8 heteroatoms. The second-order valence-corrected chi connectivity index (χ2v) is 6.04. The minimum atomic E-state index is -0.354. The molecule has 1 aromatic carbocycles. The fraction of sp³-hybridized carbons (Fsp3) is 0.333. The van der Waals surface area contributed by atoms with E-state index in [1.807, 2.05) is 0 Å². The molecule has 0 aromatic heterocycles. The van der Waals surface area contributed by atoms with Crippen LogP contribution in [0.15, 0.2) is 18.2 Å². The maximum Gasteiger partial charge on any atom is 0.243 e. The molecule has 20 heavy (non-hydrogen) atoms. The molecule has 3 N–H and O–H groups in total. The van der Waals surface area contributed by atoms with E-state index in [1.165, 1.54) is 0 Å². The summed E-state index contributed by atoms with van der Waals surface area (Å²) >= 11 is 13.4. The molecule has 1 saturated heterocycles. The summed E-state index contributed by atoms with van der Waals surface area (Å²) in [6.45, 7) is -0.107. The number of hydrogen-bond donors (Lipinski definition) is 3. The van der Waals surface area contributed by atoms with Crippen LogP contribution in [0.4, 0.5) is 5.69 Å². The third-order valence-electron chi connectivity index (χ3n) is 2.66. The first-order valence-corrected chi connectivity index (χ1v) is 7.81. The van der Waals surface area contributed by atoms with Gasteiger partial charge in [0.05, 0.1) is 23.3 Å². The Hall–Kier alpha value is -0.950. The minimum absolute atomic E-state index is 0.107. The maximum atomic E-state index is 11.7. The summed E-state index contributed by atoms with van der Waals surface area (Å²) < 4.78 is 0. The van der Waals surface area contributed by atoms with Gasteiger partial charge in [0.1, 0.15) is 0 Å². The van der Waals surface area contributed by atoms with Crippen LogP contribution < -0.4 is 16.0 Å². The molecule has 1 fully saturated rings. The van der Waals surface area contributed by atoms with E-state index >= 15 is 0 Å². The lowest BCUT2D eigenvalue weighted by Crippen LogP contribution is -2.44. The fourth-order valence-electron chi connectivity index (χ4n) is 1.64. The van der Waals surface area contributed by atoms with E-state index in [2.05, 4.69) is 16.0 Å². The SMILES string of the molecule is O=C(CNC(=O)C1CSCN1)Nc1cc(Cl)ccc1Cl. The van der Waals surface area contributed by atoms with Crippen molar-refractivity contribution < 1.29 is 9.59 Å². The molecule has 0 bridgehead atoms. The highest BCUT2D eigenvalue weighted by Crippen LogP contribution is 2.25. The lowest BCUT2D eigenvalue weighted by molar-refractivity contribution is -0.125. The molecule has 0 aliphatic carbocycles. The zero-order chi connectivity index (χ0) is 14.5. The first-order chi connectivity index (χ1) is 9.56. The summed E-state index contributed by atoms with van der Waals surface area (Å²) in [5.74, 6) is 0.936. The van der Waals surface area contributed by atoms with Crippen LogP contribution in [0.3, 0.4) is 0 Å². The first-order valence-electron chi connectivity index (χ1n) is 5.90. The van der Waals surface area contributed by atoms with Crippen LogP contribution in [0.1, 0.15) is 0 Å². The van der Waals surface area contributed by atoms with Crippen LogP contribution in [-0.4, -0.2) is 36.0 Å². The third kappa shape index (κ3) is 4.28. The average molecular weight is 334 g/mol. The van der Waals surface area contributed by atoms with Crippen molar-refractivity contribution in [1.29, 1.82) is 0 Å². The number of halogens is 2. The number of benzene rings is 1. The number of carbonyl (C=O) groups excluding carboxylic acids is 2. The Morgan fingerprint density at radius 3 is 2.90 bits per heavy atom. The van der Waals surface area contributed by atoms with E-state index in [0.29, 0.717) is 21.5 Å². The summed E-state index contributed by atoms with van der Waals surface area (Å²) in [5, 5.41) is 9.07. The first kappa shape index (κ1) is 15.4. The van der Waals surface area contributed by atoms with Gasteiger partial charge in [-0.25, -0.2) is 0 Å². The zero-order valence-corrected chi connectivity index (χ0v) is 12.7. The molecular weight excluding hydrogens is 321 g/mol. The molecule has 0 radical (unpaired) electrons. The topological polar surface area (TPSA) is 70.2 Å². The third-order valence-corrected chi connectivity index (χ3v) is 4.16. The van der Waals surface area contributed by atoms with Crippen LogP contribution in [0.5, 0.6) is 0 Å². The van der Waals surface area contributed by atoms with Crippen molar-refractivity contribution in [2.75, 3.05) is 23.5 Å². The Kier molecular flexibility index (Phi) is 5.54. The quantitative estimate of drug-likeness (QED) is 0.784. The van der Waals surface area contributed by atoms with Gasteiger partial charge in [0, 0.05) is 16.7 Å². The summed E-state index contributed by atoms with van der Waals surface area (Å²) in [5.41, 5.74) is 0.424. The number of thioether (sulfide) groups is 1. The highest BCUT2D eigenvalue weighted by Gasteiger charge is 2.22. The molecule has 1 atom stereocenters. The van der Waals surface area contributed by atoms with E-state index in [4.69, 9.17) is 23.2 Å². The Balaban J connectivity index is 1.83. The zero-order valence-electron chi connectivity index (χ0n) is 10.4. The van der Waals surface area contributed by atoms with Gasteiger partial charge in [-0.05, 0) is 18.2 Å². The number of amides is 2. The van der Waals surface area contributed by atoms with E-state index in [-0.39, 0.29) is 24.4 Å². The monoisotopic (exact) mass is 333 g/mol. The average Bonchev–Trinajstić information content (AvgIpc) is 2.94. The molecule has 2 rings (SSSR count). The molecule has 1 aliphatic heterocycles. The van der Waals surface area contributed by atoms with Crippen LogP contribution in [-0.2, 0) is 9.59 Å². The lowest BCUT2D eigenvalue weighted by atomic mass is 10.3. The van der Waals surface area contributed by atoms with Gasteiger partial charge in [-0.2, -0.15) is 0 Å². The standard InChI is InChI=1S/C12H13Cl2N3O2S/c13-7-1-2-8(14)9(3-7)17-11(18)4-15-12(19)10-5-20-6-16-10/h1-3,10,16H,4-6H2,(H,15,19)(H,17,18). The Labute approximate surface area is 130 Å². The predicted molar refractivity (Wildman–Crippen MR) is 82.4 cm³/mol. The fourth-order valence-corrected chi connectivity index (χ4v) is 2.92. The van der Waals surface area contributed by atoms with Crippen LogP contribution >= 0.6 is 35.0 Å². The summed E-state index contributed by atoms with van der Waals surface area (Å²) in [6.07, 6.45) is 0. The van der Waals surface area contributed by atoms with Crippen LogP contribution in [0.2, 0.25) is 10.0 Å². The van der Waals surface area contributed by atoms with E-state index in [9.17, 15) is 9.59 Å². The number of nitrogens with one attached hydrogen (secondary N) is 3. The smallest absolute Gasteiger partial charge is 0.243 e. The van der Waals surface area contributed by atoms with Crippen molar-refractivity contribution in [3.05, 3.63) is 28.2 Å². The molecule has 0 saturated carbocycles. The number of rotatable bonds is 4.